The summed E-state index contributed by atoms with van der Waals surface area (Å²) in [6.07, 6.45) is 6.92. The van der Waals surface area contributed by atoms with E-state index in [1.807, 2.05) is 6.07 Å². The zero-order chi connectivity index (χ0) is 17.8. The zero-order valence-corrected chi connectivity index (χ0v) is 14.1. The number of nitrogens with zero attached hydrogens (tertiary/aromatic N) is 5. The van der Waals surface area contributed by atoms with Crippen LogP contribution in [0.2, 0.25) is 0 Å². The molecule has 25 heavy (non-hydrogen) atoms. The maximum atomic E-state index is 12.2. The third-order valence-electron chi connectivity index (χ3n) is 4.31. The molecule has 0 unspecified atom stereocenters. The Kier molecular flexibility index (Phi) is 5.13. The lowest BCUT2D eigenvalue weighted by Crippen LogP contribution is -2.40. The lowest BCUT2D eigenvalue weighted by Gasteiger charge is -2.32. The number of carboxylic acid groups (broad SMARTS) is 1. The Morgan fingerprint density at radius 1 is 1.36 bits per heavy atom. The molecule has 0 bridgehead atoms. The van der Waals surface area contributed by atoms with Gasteiger partial charge < -0.3 is 10.4 Å². The highest BCUT2D eigenvalue weighted by Crippen LogP contribution is 2.26. The van der Waals surface area contributed by atoms with Gasteiger partial charge in [-0.15, -0.1) is 0 Å². The Hall–Kier alpha value is -2.68. The van der Waals surface area contributed by atoms with Crippen LogP contribution in [0.1, 0.15) is 24.5 Å². The van der Waals surface area contributed by atoms with Gasteiger partial charge in [0.2, 0.25) is 5.91 Å². The van der Waals surface area contributed by atoms with Gasteiger partial charge in [-0.05, 0) is 25.5 Å². The maximum Gasteiger partial charge on any atom is 0.325 e. The number of piperidine rings is 1. The molecular formula is C16H22N6O3. The smallest absolute Gasteiger partial charge is 0.325 e. The van der Waals surface area contributed by atoms with E-state index in [1.54, 1.807) is 30.3 Å². The highest BCUT2D eigenvalue weighted by Gasteiger charge is 2.25. The number of carbonyl (C=O) groups excluding carboxylic acids is 1. The van der Waals surface area contributed by atoms with Crippen molar-refractivity contribution in [1.82, 2.24) is 24.5 Å². The summed E-state index contributed by atoms with van der Waals surface area (Å²) in [6, 6.07) is 1.87. The molecule has 0 radical (unpaired) electrons. The van der Waals surface area contributed by atoms with Gasteiger partial charge in [0.15, 0.2) is 0 Å². The number of carbonyl (C=O) groups is 2. The van der Waals surface area contributed by atoms with Crippen LogP contribution in [-0.4, -0.2) is 61.1 Å². The summed E-state index contributed by atoms with van der Waals surface area (Å²) in [4.78, 5) is 25.3. The number of nitrogens with one attached hydrogen (secondary N) is 1. The number of hydrogen-bond acceptors (Lipinski definition) is 5. The first kappa shape index (κ1) is 17.2. The quantitative estimate of drug-likeness (QED) is 0.790. The number of amides is 1. The average molecular weight is 346 g/mol. The van der Waals surface area contributed by atoms with Gasteiger partial charge in [-0.3, -0.25) is 23.9 Å². The van der Waals surface area contributed by atoms with Crippen LogP contribution in [-0.2, 0) is 23.2 Å². The molecule has 1 fully saturated rings. The third-order valence-corrected chi connectivity index (χ3v) is 4.31. The summed E-state index contributed by atoms with van der Waals surface area (Å²) in [5.41, 5.74) is 1.60. The van der Waals surface area contributed by atoms with Crippen LogP contribution in [0.25, 0.3) is 0 Å². The second-order valence-corrected chi connectivity index (χ2v) is 6.33. The number of hydrogen-bond donors (Lipinski definition) is 2. The highest BCUT2D eigenvalue weighted by molar-refractivity contribution is 5.91. The molecule has 2 aromatic rings. The van der Waals surface area contributed by atoms with Gasteiger partial charge in [0.25, 0.3) is 0 Å². The van der Waals surface area contributed by atoms with Gasteiger partial charge in [0.1, 0.15) is 6.54 Å². The van der Waals surface area contributed by atoms with Crippen molar-refractivity contribution in [3.8, 4) is 0 Å². The lowest BCUT2D eigenvalue weighted by molar-refractivity contribution is -0.138. The molecule has 1 aliphatic rings. The SMILES string of the molecule is Cn1cc(NC(=O)CN2CCC[C@@H](c3ccnn3CC(=O)O)C2)cn1. The van der Waals surface area contributed by atoms with Crippen molar-refractivity contribution in [2.75, 3.05) is 25.0 Å². The fourth-order valence-corrected chi connectivity index (χ4v) is 3.28. The minimum atomic E-state index is -0.909. The van der Waals surface area contributed by atoms with Crippen LogP contribution < -0.4 is 5.32 Å². The van der Waals surface area contributed by atoms with Crippen molar-refractivity contribution >= 4 is 17.6 Å². The molecule has 2 N–H and O–H groups in total. The van der Waals surface area contributed by atoms with Gasteiger partial charge in [-0.25, -0.2) is 0 Å². The molecular weight excluding hydrogens is 324 g/mol. The number of carboxylic acids is 1. The molecule has 1 saturated heterocycles. The van der Waals surface area contributed by atoms with Crippen LogP contribution in [0, 0.1) is 0 Å². The number of rotatable bonds is 6. The summed E-state index contributed by atoms with van der Waals surface area (Å²) >= 11 is 0. The van der Waals surface area contributed by atoms with E-state index in [-0.39, 0.29) is 18.4 Å². The molecule has 2 aromatic heterocycles. The predicted octanol–water partition coefficient (Wildman–Crippen LogP) is 0.519. The topological polar surface area (TPSA) is 105 Å². The number of aliphatic carboxylic acids is 1. The molecule has 3 heterocycles. The maximum absolute atomic E-state index is 12.2. The first-order valence-electron chi connectivity index (χ1n) is 8.25. The Bertz CT molecular complexity index is 753. The van der Waals surface area contributed by atoms with Crippen LogP contribution >= 0.6 is 0 Å². The van der Waals surface area contributed by atoms with E-state index in [4.69, 9.17) is 5.11 Å². The van der Waals surface area contributed by atoms with Crippen LogP contribution in [0.4, 0.5) is 5.69 Å². The summed E-state index contributed by atoms with van der Waals surface area (Å²) in [6.45, 7) is 1.73. The molecule has 3 rings (SSSR count). The standard InChI is InChI=1S/C16H22N6O3/c1-20-9-13(7-18-20)19-15(23)10-21-6-2-3-12(8-21)14-4-5-17-22(14)11-16(24)25/h4-5,7,9,12H,2-3,6,8,10-11H2,1H3,(H,19,23)(H,24,25)/t12-/m1/s1. The molecule has 0 spiro atoms. The number of anilines is 1. The van der Waals surface area contributed by atoms with Crippen molar-refractivity contribution in [1.29, 1.82) is 0 Å². The van der Waals surface area contributed by atoms with Crippen molar-refractivity contribution in [3.63, 3.8) is 0 Å². The molecule has 1 amide bonds. The van der Waals surface area contributed by atoms with Gasteiger partial charge in [-0.2, -0.15) is 10.2 Å². The van der Waals surface area contributed by atoms with E-state index in [0.717, 1.165) is 25.1 Å². The van der Waals surface area contributed by atoms with E-state index >= 15 is 0 Å². The van der Waals surface area contributed by atoms with Crippen LogP contribution in [0.5, 0.6) is 0 Å². The van der Waals surface area contributed by atoms with Crippen molar-refractivity contribution in [2.24, 2.45) is 7.05 Å². The molecule has 0 aromatic carbocycles. The molecule has 0 aliphatic carbocycles. The number of aromatic nitrogens is 4. The normalized spacial score (nSPS) is 18.2. The zero-order valence-electron chi connectivity index (χ0n) is 14.1. The lowest BCUT2D eigenvalue weighted by atomic mass is 9.94. The summed E-state index contributed by atoms with van der Waals surface area (Å²) in [7, 11) is 1.80. The largest absolute Gasteiger partial charge is 0.480 e. The van der Waals surface area contributed by atoms with Gasteiger partial charge in [0.05, 0.1) is 18.4 Å². The molecule has 1 aliphatic heterocycles. The minimum absolute atomic E-state index is 0.0762. The molecule has 9 heteroatoms. The first-order valence-corrected chi connectivity index (χ1v) is 8.25. The van der Waals surface area contributed by atoms with Crippen LogP contribution in [0.15, 0.2) is 24.7 Å². The van der Waals surface area contributed by atoms with E-state index in [9.17, 15) is 9.59 Å². The highest BCUT2D eigenvalue weighted by atomic mass is 16.4. The van der Waals surface area contributed by atoms with Gasteiger partial charge in [-0.1, -0.05) is 0 Å². The summed E-state index contributed by atoms with van der Waals surface area (Å²) < 4.78 is 3.17. The Balaban J connectivity index is 1.58. The molecule has 1 atom stereocenters. The molecule has 9 nitrogen and oxygen atoms in total. The van der Waals surface area contributed by atoms with Crippen molar-refractivity contribution < 1.29 is 14.7 Å². The monoisotopic (exact) mass is 346 g/mol. The average Bonchev–Trinajstić information content (AvgIpc) is 3.16. The summed E-state index contributed by atoms with van der Waals surface area (Å²) in [5, 5.41) is 20.0. The molecule has 0 saturated carbocycles. The fraction of sp³-hybridized carbons (Fsp3) is 0.500. The Labute approximate surface area is 145 Å². The third kappa shape index (κ3) is 4.44. The number of likely N-dealkylation sites (tertiary alicyclic amines) is 1. The summed E-state index contributed by atoms with van der Waals surface area (Å²) in [5.74, 6) is -0.803. The van der Waals surface area contributed by atoms with E-state index in [0.29, 0.717) is 18.8 Å². The predicted molar refractivity (Wildman–Crippen MR) is 90.1 cm³/mol. The van der Waals surface area contributed by atoms with Gasteiger partial charge >= 0.3 is 5.97 Å². The first-order chi connectivity index (χ1) is 12.0. The van der Waals surface area contributed by atoms with Gasteiger partial charge in [0, 0.05) is 37.6 Å². The second kappa shape index (κ2) is 7.47. The van der Waals surface area contributed by atoms with Crippen molar-refractivity contribution in [3.05, 3.63) is 30.4 Å². The Morgan fingerprint density at radius 3 is 2.92 bits per heavy atom. The number of aryl methyl sites for hydroxylation is 1. The van der Waals surface area contributed by atoms with E-state index in [2.05, 4.69) is 20.4 Å². The van der Waals surface area contributed by atoms with E-state index in [1.165, 1.54) is 4.68 Å². The Morgan fingerprint density at radius 2 is 2.20 bits per heavy atom. The van der Waals surface area contributed by atoms with E-state index < -0.39 is 5.97 Å². The van der Waals surface area contributed by atoms with Crippen molar-refractivity contribution in [2.45, 2.75) is 25.3 Å². The molecule has 134 valence electrons. The fourth-order valence-electron chi connectivity index (χ4n) is 3.28. The minimum Gasteiger partial charge on any atom is -0.480 e. The van der Waals surface area contributed by atoms with Crippen LogP contribution in [0.3, 0.4) is 0 Å². The second-order valence-electron chi connectivity index (χ2n) is 6.33.